The molecule has 1 heterocycles. The van der Waals surface area contributed by atoms with Gasteiger partial charge in [0.25, 0.3) is 0 Å². The Bertz CT molecular complexity index is 462. The minimum absolute atomic E-state index is 0.304. The van der Waals surface area contributed by atoms with Gasteiger partial charge in [-0.1, -0.05) is 0 Å². The molecular weight excluding hydrogens is 254 g/mol. The van der Waals surface area contributed by atoms with Crippen LogP contribution in [0.5, 0.6) is 0 Å². The Labute approximate surface area is 120 Å². The first-order valence-corrected chi connectivity index (χ1v) is 7.25. The first-order valence-electron chi connectivity index (χ1n) is 7.25. The predicted molar refractivity (Wildman–Crippen MR) is 79.5 cm³/mol. The second kappa shape index (κ2) is 6.26. The van der Waals surface area contributed by atoms with Crippen molar-refractivity contribution in [3.8, 4) is 0 Å². The molecule has 0 aromatic carbocycles. The van der Waals surface area contributed by atoms with Crippen molar-refractivity contribution in [2.45, 2.75) is 32.3 Å². The van der Waals surface area contributed by atoms with Crippen molar-refractivity contribution in [1.82, 2.24) is 20.4 Å². The van der Waals surface area contributed by atoms with E-state index in [-0.39, 0.29) is 0 Å². The van der Waals surface area contributed by atoms with Crippen molar-refractivity contribution >= 4 is 5.96 Å². The van der Waals surface area contributed by atoms with E-state index in [0.717, 1.165) is 30.5 Å². The number of aromatic nitrogens is 2. The molecule has 20 heavy (non-hydrogen) atoms. The van der Waals surface area contributed by atoms with Crippen LogP contribution in [0.25, 0.3) is 0 Å². The van der Waals surface area contributed by atoms with Crippen molar-refractivity contribution in [1.29, 1.82) is 0 Å². The van der Waals surface area contributed by atoms with Crippen LogP contribution in [0, 0.1) is 5.92 Å². The van der Waals surface area contributed by atoms with Gasteiger partial charge in [-0.3, -0.25) is 4.68 Å². The van der Waals surface area contributed by atoms with Gasteiger partial charge in [-0.05, 0) is 32.6 Å². The van der Waals surface area contributed by atoms with Crippen molar-refractivity contribution in [3.05, 3.63) is 18.0 Å². The molecule has 3 N–H and O–H groups in total. The maximum Gasteiger partial charge on any atom is 0.191 e. The molecule has 6 nitrogen and oxygen atoms in total. The summed E-state index contributed by atoms with van der Waals surface area (Å²) in [6.45, 7) is 5.87. The van der Waals surface area contributed by atoms with Crippen LogP contribution < -0.4 is 10.6 Å². The monoisotopic (exact) mass is 279 g/mol. The highest BCUT2D eigenvalue weighted by Crippen LogP contribution is 2.27. The second-order valence-corrected chi connectivity index (χ2v) is 5.70. The molecule has 1 aliphatic rings. The van der Waals surface area contributed by atoms with E-state index in [0.29, 0.717) is 6.54 Å². The molecule has 0 bridgehead atoms. The molecule has 1 aromatic rings. The molecule has 6 heteroatoms. The predicted octanol–water partition coefficient (Wildman–Crippen LogP) is 0.593. The number of hydrogen-bond acceptors (Lipinski definition) is 3. The van der Waals surface area contributed by atoms with Gasteiger partial charge in [0, 0.05) is 31.9 Å². The number of rotatable bonds is 6. The Morgan fingerprint density at radius 3 is 2.85 bits per heavy atom. The van der Waals surface area contributed by atoms with Crippen LogP contribution in [-0.4, -0.2) is 40.5 Å². The number of aliphatic imine (C=N–C) groups is 1. The lowest BCUT2D eigenvalue weighted by molar-refractivity contribution is 0.0672. The number of aryl methyl sites for hydroxylation is 1. The average Bonchev–Trinajstić information content (AvgIpc) is 3.13. The van der Waals surface area contributed by atoms with Crippen LogP contribution in [-0.2, 0) is 12.6 Å². The van der Waals surface area contributed by atoms with E-state index in [2.05, 4.69) is 20.7 Å². The molecule has 112 valence electrons. The molecule has 2 rings (SSSR count). The highest BCUT2D eigenvalue weighted by atomic mass is 16.3. The van der Waals surface area contributed by atoms with Gasteiger partial charge in [0.05, 0.1) is 12.7 Å². The smallest absolute Gasteiger partial charge is 0.191 e. The van der Waals surface area contributed by atoms with E-state index in [4.69, 9.17) is 0 Å². The fourth-order valence-corrected chi connectivity index (χ4v) is 1.93. The lowest BCUT2D eigenvalue weighted by Crippen LogP contribution is -2.39. The summed E-state index contributed by atoms with van der Waals surface area (Å²) < 4.78 is 1.68. The van der Waals surface area contributed by atoms with Crippen LogP contribution in [0.4, 0.5) is 0 Å². The third-order valence-electron chi connectivity index (χ3n) is 3.47. The van der Waals surface area contributed by atoms with E-state index < -0.39 is 5.60 Å². The van der Waals surface area contributed by atoms with E-state index in [1.807, 2.05) is 20.2 Å². The minimum Gasteiger partial charge on any atom is -0.383 e. The zero-order valence-electron chi connectivity index (χ0n) is 12.6. The Hall–Kier alpha value is -1.56. The Morgan fingerprint density at radius 1 is 1.55 bits per heavy atom. The quantitative estimate of drug-likeness (QED) is 0.526. The molecular formula is C14H25N5O. The maximum absolute atomic E-state index is 10.5. The third-order valence-corrected chi connectivity index (χ3v) is 3.47. The largest absolute Gasteiger partial charge is 0.383 e. The van der Waals surface area contributed by atoms with Gasteiger partial charge in [0.1, 0.15) is 5.60 Å². The molecule has 1 saturated carbocycles. The number of guanidine groups is 1. The van der Waals surface area contributed by atoms with Crippen molar-refractivity contribution in [2.24, 2.45) is 18.0 Å². The molecule has 1 aromatic heterocycles. The molecule has 1 atom stereocenters. The Kier molecular flexibility index (Phi) is 4.65. The fourth-order valence-electron chi connectivity index (χ4n) is 1.93. The summed E-state index contributed by atoms with van der Waals surface area (Å²) >= 11 is 0. The molecule has 0 radical (unpaired) electrons. The molecule has 1 aliphatic carbocycles. The Morgan fingerprint density at radius 2 is 2.30 bits per heavy atom. The van der Waals surface area contributed by atoms with Crippen molar-refractivity contribution < 1.29 is 5.11 Å². The standard InChI is InChI=1S/C14H25N5O/c1-4-15-13(16-7-11-5-6-11)17-10-14(2,20)12-8-18-19(3)9-12/h8-9,11,20H,4-7,10H2,1-3H3,(H2,15,16,17). The van der Waals surface area contributed by atoms with Gasteiger partial charge < -0.3 is 15.7 Å². The summed E-state index contributed by atoms with van der Waals surface area (Å²) in [4.78, 5) is 4.48. The molecule has 0 amide bonds. The average molecular weight is 279 g/mol. The zero-order chi connectivity index (χ0) is 14.6. The van der Waals surface area contributed by atoms with E-state index in [1.54, 1.807) is 17.8 Å². The molecule has 1 unspecified atom stereocenters. The summed E-state index contributed by atoms with van der Waals surface area (Å²) in [5.74, 6) is 1.56. The molecule has 0 saturated heterocycles. The molecule has 0 spiro atoms. The van der Waals surface area contributed by atoms with Gasteiger partial charge in [-0.15, -0.1) is 0 Å². The lowest BCUT2D eigenvalue weighted by Gasteiger charge is -2.20. The topological polar surface area (TPSA) is 74.5 Å². The second-order valence-electron chi connectivity index (χ2n) is 5.70. The maximum atomic E-state index is 10.5. The van der Waals surface area contributed by atoms with Crippen molar-refractivity contribution in [2.75, 3.05) is 19.6 Å². The van der Waals surface area contributed by atoms with E-state index >= 15 is 0 Å². The number of aliphatic hydroxyl groups is 1. The van der Waals surface area contributed by atoms with Crippen LogP contribution in [0.2, 0.25) is 0 Å². The number of nitrogens with one attached hydrogen (secondary N) is 2. The van der Waals surface area contributed by atoms with Gasteiger partial charge in [-0.2, -0.15) is 5.10 Å². The molecule has 0 aliphatic heterocycles. The van der Waals surface area contributed by atoms with Gasteiger partial charge in [0.15, 0.2) is 5.96 Å². The number of hydrogen-bond donors (Lipinski definition) is 3. The van der Waals surface area contributed by atoms with Crippen LogP contribution in [0.1, 0.15) is 32.3 Å². The van der Waals surface area contributed by atoms with Crippen LogP contribution in [0.15, 0.2) is 17.4 Å². The SMILES string of the molecule is CCNC(=NCC(C)(O)c1cnn(C)c1)NCC1CC1. The summed E-state index contributed by atoms with van der Waals surface area (Å²) in [5.41, 5.74) is -0.224. The molecule has 1 fully saturated rings. The van der Waals surface area contributed by atoms with Crippen LogP contribution in [0.3, 0.4) is 0 Å². The highest BCUT2D eigenvalue weighted by molar-refractivity contribution is 5.79. The summed E-state index contributed by atoms with van der Waals surface area (Å²) in [6, 6.07) is 0. The Balaban J connectivity index is 1.95. The highest BCUT2D eigenvalue weighted by Gasteiger charge is 2.25. The normalized spacial score (nSPS) is 18.7. The van der Waals surface area contributed by atoms with Gasteiger partial charge in [-0.25, -0.2) is 4.99 Å². The van der Waals surface area contributed by atoms with E-state index in [1.165, 1.54) is 12.8 Å². The fraction of sp³-hybridized carbons (Fsp3) is 0.714. The zero-order valence-corrected chi connectivity index (χ0v) is 12.6. The minimum atomic E-state index is -1.00. The first kappa shape index (κ1) is 14.8. The van der Waals surface area contributed by atoms with Crippen molar-refractivity contribution in [3.63, 3.8) is 0 Å². The van der Waals surface area contributed by atoms with Crippen LogP contribution >= 0.6 is 0 Å². The van der Waals surface area contributed by atoms with Gasteiger partial charge >= 0.3 is 0 Å². The third kappa shape index (κ3) is 4.23. The summed E-state index contributed by atoms with van der Waals surface area (Å²) in [5, 5.41) is 21.1. The number of nitrogens with zero attached hydrogens (tertiary/aromatic N) is 3. The van der Waals surface area contributed by atoms with E-state index in [9.17, 15) is 5.11 Å². The van der Waals surface area contributed by atoms with Gasteiger partial charge in [0.2, 0.25) is 0 Å². The lowest BCUT2D eigenvalue weighted by atomic mass is 10.0. The summed E-state index contributed by atoms with van der Waals surface area (Å²) in [6.07, 6.45) is 6.11. The first-order chi connectivity index (χ1) is 9.51. The summed E-state index contributed by atoms with van der Waals surface area (Å²) in [7, 11) is 1.84.